The van der Waals surface area contributed by atoms with E-state index in [0.717, 1.165) is 4.31 Å². The van der Waals surface area contributed by atoms with E-state index in [0.29, 0.717) is 0 Å². The summed E-state index contributed by atoms with van der Waals surface area (Å²) in [6, 6.07) is 7.05. The summed E-state index contributed by atoms with van der Waals surface area (Å²) in [5.74, 6) is -0.760. The minimum Gasteiger partial charge on any atom is -0.335 e. The predicted octanol–water partition coefficient (Wildman–Crippen LogP) is -0.681. The van der Waals surface area contributed by atoms with Gasteiger partial charge in [0.1, 0.15) is 6.04 Å². The Balaban J connectivity index is 1.61. The van der Waals surface area contributed by atoms with Gasteiger partial charge in [-0.05, 0) is 5.56 Å². The van der Waals surface area contributed by atoms with Crippen LogP contribution in [0.2, 0.25) is 0 Å². The largest absolute Gasteiger partial charge is 0.398 e. The third-order valence-electron chi connectivity index (χ3n) is 4.78. The second-order valence-corrected chi connectivity index (χ2v) is 8.50. The number of rotatable bonds is 5. The van der Waals surface area contributed by atoms with Gasteiger partial charge in [-0.3, -0.25) is 13.9 Å². The summed E-state index contributed by atoms with van der Waals surface area (Å²) in [4.78, 5) is 14.1. The Morgan fingerprint density at radius 3 is 2.42 bits per heavy atom. The van der Waals surface area contributed by atoms with Crippen LogP contribution < -0.4 is 0 Å². The van der Waals surface area contributed by atoms with Gasteiger partial charge < -0.3 is 9.64 Å². The maximum atomic E-state index is 12.9. The van der Waals surface area contributed by atoms with Crippen molar-refractivity contribution in [3.63, 3.8) is 0 Å². The zero-order valence-corrected chi connectivity index (χ0v) is 14.6. The van der Waals surface area contributed by atoms with Crippen LogP contribution in [0, 0.1) is 0 Å². The van der Waals surface area contributed by atoms with Gasteiger partial charge in [0.2, 0.25) is 0 Å². The Morgan fingerprint density at radius 1 is 1.23 bits per heavy atom. The van der Waals surface area contributed by atoms with Gasteiger partial charge in [-0.2, -0.15) is 16.8 Å². The van der Waals surface area contributed by atoms with Gasteiger partial charge >= 0.3 is 20.7 Å². The van der Waals surface area contributed by atoms with Crippen molar-refractivity contribution >= 4 is 26.6 Å². The van der Waals surface area contributed by atoms with Crippen molar-refractivity contribution in [2.75, 3.05) is 6.54 Å². The van der Waals surface area contributed by atoms with Crippen LogP contribution in [0.5, 0.6) is 0 Å². The molecule has 142 valence electrons. The number of ether oxygens (including phenoxy) is 1. The van der Waals surface area contributed by atoms with Crippen LogP contribution in [0.15, 0.2) is 30.3 Å². The molecule has 11 nitrogen and oxygen atoms in total. The van der Waals surface area contributed by atoms with E-state index in [4.69, 9.17) is 9.29 Å². The van der Waals surface area contributed by atoms with Crippen molar-refractivity contribution in [2.45, 2.75) is 30.5 Å². The smallest absolute Gasteiger partial charge is 0.335 e. The number of carbonyl (C=O) groups is 1. The SMILES string of the molecule is O=C(C(OS(=O)(=O)O)c1ccccc1)N1CC[C@@]23O[C@@H]([C@H]12)N3S(=O)(=O)O. The highest BCUT2D eigenvalue weighted by Gasteiger charge is 2.83. The molecule has 1 unspecified atom stereocenters. The van der Waals surface area contributed by atoms with Crippen LogP contribution in [0.4, 0.5) is 0 Å². The number of hydrogen-bond acceptors (Lipinski definition) is 7. The highest BCUT2D eigenvalue weighted by molar-refractivity contribution is 7.83. The van der Waals surface area contributed by atoms with Gasteiger partial charge in [-0.25, -0.2) is 4.18 Å². The Hall–Kier alpha value is -1.61. The number of hydrogen-bond donors (Lipinski definition) is 2. The second-order valence-electron chi connectivity index (χ2n) is 6.17. The molecule has 13 heteroatoms. The van der Waals surface area contributed by atoms with Gasteiger partial charge in [0.25, 0.3) is 5.91 Å². The lowest BCUT2D eigenvalue weighted by Crippen LogP contribution is -2.91. The summed E-state index contributed by atoms with van der Waals surface area (Å²) >= 11 is 0. The quantitative estimate of drug-likeness (QED) is 0.606. The maximum Gasteiger partial charge on any atom is 0.398 e. The molecule has 4 aliphatic rings. The number of likely N-dealkylation sites (tertiary alicyclic amines) is 1. The minimum absolute atomic E-state index is 0.0736. The molecule has 2 N–H and O–H groups in total. The number of carbonyl (C=O) groups excluding carboxylic acids is 1. The van der Waals surface area contributed by atoms with Crippen LogP contribution in [0.3, 0.4) is 0 Å². The summed E-state index contributed by atoms with van der Waals surface area (Å²) in [5.41, 5.74) is -1.12. The molecule has 26 heavy (non-hydrogen) atoms. The van der Waals surface area contributed by atoms with Crippen molar-refractivity contribution in [1.29, 1.82) is 0 Å². The summed E-state index contributed by atoms with van der Waals surface area (Å²) in [7, 11) is -9.40. The molecule has 1 aromatic rings. The predicted molar refractivity (Wildman–Crippen MR) is 82.9 cm³/mol. The highest BCUT2D eigenvalue weighted by atomic mass is 32.3. The molecule has 1 amide bonds. The first-order chi connectivity index (χ1) is 12.0. The summed E-state index contributed by atoms with van der Waals surface area (Å²) in [6.07, 6.45) is -2.54. The molecule has 1 spiro atoms. The average molecular weight is 406 g/mol. The van der Waals surface area contributed by atoms with E-state index in [-0.39, 0.29) is 18.5 Å². The second kappa shape index (κ2) is 5.45. The Labute approximate surface area is 148 Å². The van der Waals surface area contributed by atoms with E-state index >= 15 is 0 Å². The Bertz CT molecular complexity index is 965. The first kappa shape index (κ1) is 17.8. The van der Waals surface area contributed by atoms with Crippen LogP contribution in [0.25, 0.3) is 0 Å². The lowest BCUT2D eigenvalue weighted by Gasteiger charge is -2.69. The van der Waals surface area contributed by atoms with E-state index in [1.54, 1.807) is 18.2 Å². The van der Waals surface area contributed by atoms with Crippen molar-refractivity contribution in [2.24, 2.45) is 0 Å². The lowest BCUT2D eigenvalue weighted by molar-refractivity contribution is -0.443. The molecule has 0 aromatic heterocycles. The van der Waals surface area contributed by atoms with Gasteiger partial charge in [-0.1, -0.05) is 30.3 Å². The maximum absolute atomic E-state index is 12.9. The molecule has 0 aliphatic carbocycles. The fraction of sp³-hybridized carbons (Fsp3) is 0.462. The molecular weight excluding hydrogens is 392 g/mol. The summed E-state index contributed by atoms with van der Waals surface area (Å²) in [6.45, 7) is 0.0736. The molecule has 2 bridgehead atoms. The van der Waals surface area contributed by atoms with E-state index in [1.165, 1.54) is 17.0 Å². The molecule has 0 radical (unpaired) electrons. The Kier molecular flexibility index (Phi) is 3.73. The van der Waals surface area contributed by atoms with Crippen molar-refractivity contribution in [3.05, 3.63) is 35.9 Å². The van der Waals surface area contributed by atoms with E-state index < -0.39 is 50.7 Å². The summed E-state index contributed by atoms with van der Waals surface area (Å²) < 4.78 is 74.0. The zero-order valence-electron chi connectivity index (χ0n) is 13.0. The lowest BCUT2D eigenvalue weighted by atomic mass is 9.85. The molecule has 4 aliphatic heterocycles. The van der Waals surface area contributed by atoms with Gasteiger partial charge in [0.05, 0.1) is 0 Å². The van der Waals surface area contributed by atoms with E-state index in [1.807, 2.05) is 0 Å². The standard InChI is InChI=1S/C13H14N2O9S2/c16-11(9(24-26(20,21)22)8-4-2-1-3-5-8)14-7-6-13-10(14)12(23-13)15(13)25(17,18)19/h1-5,9-10,12H,6-7H2,(H,17,18,19)(H,20,21,22)/t9?,10-,12-,13+/m0/s1. The van der Waals surface area contributed by atoms with Crippen LogP contribution >= 0.6 is 0 Å². The minimum atomic E-state index is -4.92. The highest BCUT2D eigenvalue weighted by Crippen LogP contribution is 2.61. The monoisotopic (exact) mass is 406 g/mol. The average Bonchev–Trinajstić information content (AvgIpc) is 2.71. The van der Waals surface area contributed by atoms with Gasteiger partial charge in [-0.15, -0.1) is 4.31 Å². The summed E-state index contributed by atoms with van der Waals surface area (Å²) in [5, 5.41) is 0. The zero-order chi connectivity index (χ0) is 18.9. The first-order valence-corrected chi connectivity index (χ1v) is 10.3. The number of amides is 1. The molecule has 4 saturated heterocycles. The third-order valence-corrected chi connectivity index (χ3v) is 6.23. The Morgan fingerprint density at radius 2 is 1.88 bits per heavy atom. The van der Waals surface area contributed by atoms with Crippen LogP contribution in [0.1, 0.15) is 18.1 Å². The van der Waals surface area contributed by atoms with Crippen LogP contribution in [-0.2, 0) is 34.4 Å². The van der Waals surface area contributed by atoms with Crippen molar-refractivity contribution in [1.82, 2.24) is 9.21 Å². The normalized spacial score (nSPS) is 31.7. The fourth-order valence-corrected chi connectivity index (χ4v) is 5.27. The van der Waals surface area contributed by atoms with Gasteiger partial charge in [0.15, 0.2) is 18.1 Å². The van der Waals surface area contributed by atoms with E-state index in [9.17, 15) is 26.2 Å². The topological polar surface area (TPSA) is 151 Å². The number of benzene rings is 1. The van der Waals surface area contributed by atoms with Crippen molar-refractivity contribution in [3.8, 4) is 0 Å². The molecule has 1 aromatic carbocycles. The molecule has 0 saturated carbocycles. The van der Waals surface area contributed by atoms with E-state index in [2.05, 4.69) is 4.18 Å². The van der Waals surface area contributed by atoms with Gasteiger partial charge in [0, 0.05) is 13.0 Å². The van der Waals surface area contributed by atoms with Crippen LogP contribution in [-0.4, -0.2) is 65.6 Å². The first-order valence-electron chi connectivity index (χ1n) is 7.50. The molecular formula is C13H14N2O9S2. The molecule has 5 rings (SSSR count). The van der Waals surface area contributed by atoms with Crippen molar-refractivity contribution < 1.29 is 39.7 Å². The molecule has 4 heterocycles. The number of nitrogens with zero attached hydrogens (tertiary/aromatic N) is 2. The molecule has 4 fully saturated rings. The fourth-order valence-electron chi connectivity index (χ4n) is 3.78. The third kappa shape index (κ3) is 2.47. The molecule has 4 atom stereocenters.